The van der Waals surface area contributed by atoms with Crippen LogP contribution in [0.15, 0.2) is 176 Å². The van der Waals surface area contributed by atoms with Crippen molar-refractivity contribution < 1.29 is 0 Å². The molecule has 3 nitrogen and oxygen atoms in total. The van der Waals surface area contributed by atoms with Crippen LogP contribution in [0, 0.1) is 0 Å². The van der Waals surface area contributed by atoms with E-state index in [0.29, 0.717) is 0 Å². The van der Waals surface area contributed by atoms with Crippen molar-refractivity contribution in [2.75, 3.05) is 0 Å². The van der Waals surface area contributed by atoms with E-state index in [2.05, 4.69) is 162 Å². The average molecular weight is 576 g/mol. The molecule has 0 spiro atoms. The molecule has 0 fully saturated rings. The molecule has 212 valence electrons. The normalized spacial score (nSPS) is 11.1. The summed E-state index contributed by atoms with van der Waals surface area (Å²) in [6.45, 7) is 0. The van der Waals surface area contributed by atoms with Gasteiger partial charge in [-0.05, 0) is 58.7 Å². The fourth-order valence-corrected chi connectivity index (χ4v) is 6.00. The van der Waals surface area contributed by atoms with Gasteiger partial charge in [-0.1, -0.05) is 133 Å². The van der Waals surface area contributed by atoms with Gasteiger partial charge in [-0.25, -0.2) is 9.97 Å². The van der Waals surface area contributed by atoms with Crippen LogP contribution in [0.4, 0.5) is 0 Å². The Morgan fingerprint density at radius 1 is 0.333 bits per heavy atom. The molecule has 0 aliphatic heterocycles. The zero-order chi connectivity index (χ0) is 30.0. The minimum absolute atomic E-state index is 0.930. The summed E-state index contributed by atoms with van der Waals surface area (Å²) in [5.74, 6) is 0. The first kappa shape index (κ1) is 26.6. The molecule has 0 unspecified atom stereocenters. The summed E-state index contributed by atoms with van der Waals surface area (Å²) in [6.07, 6.45) is 2.09. The number of pyridine rings is 2. The molecule has 5 aromatic carbocycles. The van der Waals surface area contributed by atoms with Crippen molar-refractivity contribution in [3.63, 3.8) is 0 Å². The number of benzene rings is 5. The van der Waals surface area contributed by atoms with E-state index in [0.717, 1.165) is 72.9 Å². The smallest absolute Gasteiger partial charge is 0.137 e. The highest BCUT2D eigenvalue weighted by Gasteiger charge is 2.16. The summed E-state index contributed by atoms with van der Waals surface area (Å²) in [5, 5.41) is 0. The van der Waals surface area contributed by atoms with Gasteiger partial charge in [0, 0.05) is 28.5 Å². The predicted molar refractivity (Wildman–Crippen MR) is 186 cm³/mol. The third-order valence-corrected chi connectivity index (χ3v) is 8.21. The third kappa shape index (κ3) is 5.21. The highest BCUT2D eigenvalue weighted by molar-refractivity contribution is 5.85. The average Bonchev–Trinajstić information content (AvgIpc) is 3.53. The first-order valence-electron chi connectivity index (χ1n) is 15.2. The van der Waals surface area contributed by atoms with Crippen molar-refractivity contribution in [2.24, 2.45) is 0 Å². The number of rotatable bonds is 6. The molecule has 0 saturated heterocycles. The second kappa shape index (κ2) is 11.6. The molecular formula is C42H29N3. The maximum atomic E-state index is 5.09. The number of nitrogens with zero attached hydrogens (tertiary/aromatic N) is 3. The molecule has 0 saturated carbocycles. The number of fused-ring (bicyclic) bond motifs is 1. The molecule has 0 amide bonds. The first-order valence-corrected chi connectivity index (χ1v) is 15.2. The highest BCUT2D eigenvalue weighted by Crippen LogP contribution is 2.36. The third-order valence-electron chi connectivity index (χ3n) is 8.21. The Balaban J connectivity index is 1.23. The summed E-state index contributed by atoms with van der Waals surface area (Å²) in [5.41, 5.74) is 13.9. The lowest BCUT2D eigenvalue weighted by Crippen LogP contribution is -1.91. The molecule has 0 radical (unpaired) electrons. The van der Waals surface area contributed by atoms with Crippen LogP contribution in [-0.2, 0) is 0 Å². The summed E-state index contributed by atoms with van der Waals surface area (Å²) in [6, 6.07) is 59.3. The lowest BCUT2D eigenvalue weighted by molar-refractivity contribution is 1.19. The van der Waals surface area contributed by atoms with E-state index in [4.69, 9.17) is 9.97 Å². The molecule has 3 heterocycles. The second-order valence-electron chi connectivity index (χ2n) is 11.1. The Morgan fingerprint density at radius 2 is 0.800 bits per heavy atom. The van der Waals surface area contributed by atoms with Crippen molar-refractivity contribution >= 4 is 5.65 Å². The van der Waals surface area contributed by atoms with Crippen LogP contribution in [-0.4, -0.2) is 14.4 Å². The predicted octanol–water partition coefficient (Wildman–Crippen LogP) is 10.7. The lowest BCUT2D eigenvalue weighted by Gasteiger charge is -2.12. The molecule has 0 N–H and O–H groups in total. The molecule has 0 bridgehead atoms. The molecule has 0 aliphatic carbocycles. The van der Waals surface area contributed by atoms with E-state index in [1.165, 1.54) is 0 Å². The standard InChI is InChI=1S/C42H29N3/c1-4-14-30(15-5-1)38-28-37(29-39(43-38)31-16-6-2-7-17-31)35-22-12-20-33(26-35)34-21-13-23-36(27-34)41-42(32-18-8-3-9-19-32)45-25-11-10-24-40(45)44-41/h1-29H. The Kier molecular flexibility index (Phi) is 6.82. The fraction of sp³-hybridized carbons (Fsp3) is 0. The van der Waals surface area contributed by atoms with Gasteiger partial charge in [-0.3, -0.25) is 4.40 Å². The molecule has 3 heteroatoms. The maximum absolute atomic E-state index is 5.09. The molecule has 3 aromatic heterocycles. The SMILES string of the molecule is c1ccc(-c2cc(-c3cccc(-c4cccc(-c5nc6ccccn6c5-c5ccccc5)c4)c3)cc(-c3ccccc3)n2)cc1. The minimum Gasteiger partial charge on any atom is -0.299 e. The Hall–Kier alpha value is -6.06. The van der Waals surface area contributed by atoms with Crippen molar-refractivity contribution in [2.45, 2.75) is 0 Å². The fourth-order valence-electron chi connectivity index (χ4n) is 6.00. The van der Waals surface area contributed by atoms with Gasteiger partial charge in [0.15, 0.2) is 0 Å². The van der Waals surface area contributed by atoms with Gasteiger partial charge in [-0.2, -0.15) is 0 Å². The number of imidazole rings is 1. The topological polar surface area (TPSA) is 30.2 Å². The van der Waals surface area contributed by atoms with Crippen molar-refractivity contribution in [3.8, 4) is 67.3 Å². The summed E-state index contributed by atoms with van der Waals surface area (Å²) < 4.78 is 2.18. The molecule has 8 rings (SSSR count). The van der Waals surface area contributed by atoms with Crippen molar-refractivity contribution in [1.82, 2.24) is 14.4 Å². The van der Waals surface area contributed by atoms with Crippen molar-refractivity contribution in [1.29, 1.82) is 0 Å². The van der Waals surface area contributed by atoms with E-state index in [9.17, 15) is 0 Å². The van der Waals surface area contributed by atoms with E-state index < -0.39 is 0 Å². The molecule has 0 aliphatic rings. The van der Waals surface area contributed by atoms with Crippen LogP contribution in [0.25, 0.3) is 72.9 Å². The monoisotopic (exact) mass is 575 g/mol. The minimum atomic E-state index is 0.930. The van der Waals surface area contributed by atoms with E-state index in [1.807, 2.05) is 18.2 Å². The first-order chi connectivity index (χ1) is 22.3. The molecule has 45 heavy (non-hydrogen) atoms. The van der Waals surface area contributed by atoms with Crippen LogP contribution in [0.1, 0.15) is 0 Å². The highest BCUT2D eigenvalue weighted by atomic mass is 15.0. The summed E-state index contributed by atoms with van der Waals surface area (Å²) in [4.78, 5) is 10.2. The molecular weight excluding hydrogens is 546 g/mol. The van der Waals surface area contributed by atoms with Crippen LogP contribution < -0.4 is 0 Å². The van der Waals surface area contributed by atoms with Gasteiger partial charge in [0.1, 0.15) is 5.65 Å². The van der Waals surface area contributed by atoms with Crippen LogP contribution in [0.5, 0.6) is 0 Å². The van der Waals surface area contributed by atoms with Crippen LogP contribution in [0.2, 0.25) is 0 Å². The van der Waals surface area contributed by atoms with Gasteiger partial charge >= 0.3 is 0 Å². The maximum Gasteiger partial charge on any atom is 0.137 e. The number of hydrogen-bond acceptors (Lipinski definition) is 2. The van der Waals surface area contributed by atoms with Gasteiger partial charge in [0.2, 0.25) is 0 Å². The van der Waals surface area contributed by atoms with E-state index in [1.54, 1.807) is 0 Å². The Bertz CT molecular complexity index is 2190. The lowest BCUT2D eigenvalue weighted by atomic mass is 9.95. The van der Waals surface area contributed by atoms with Gasteiger partial charge in [-0.15, -0.1) is 0 Å². The molecule has 8 aromatic rings. The zero-order valence-corrected chi connectivity index (χ0v) is 24.6. The number of aromatic nitrogens is 3. The van der Waals surface area contributed by atoms with E-state index >= 15 is 0 Å². The van der Waals surface area contributed by atoms with Crippen LogP contribution in [0.3, 0.4) is 0 Å². The van der Waals surface area contributed by atoms with Gasteiger partial charge < -0.3 is 0 Å². The largest absolute Gasteiger partial charge is 0.299 e. The summed E-state index contributed by atoms with van der Waals surface area (Å²) in [7, 11) is 0. The van der Waals surface area contributed by atoms with Crippen LogP contribution >= 0.6 is 0 Å². The van der Waals surface area contributed by atoms with Crippen molar-refractivity contribution in [3.05, 3.63) is 176 Å². The quantitative estimate of drug-likeness (QED) is 0.197. The zero-order valence-electron chi connectivity index (χ0n) is 24.6. The second-order valence-corrected chi connectivity index (χ2v) is 11.1. The van der Waals surface area contributed by atoms with Gasteiger partial charge in [0.25, 0.3) is 0 Å². The Morgan fingerprint density at radius 3 is 1.40 bits per heavy atom. The number of hydrogen-bond donors (Lipinski definition) is 0. The van der Waals surface area contributed by atoms with E-state index in [-0.39, 0.29) is 0 Å². The van der Waals surface area contributed by atoms with Gasteiger partial charge in [0.05, 0.1) is 22.8 Å². The Labute approximate surface area is 262 Å². The summed E-state index contributed by atoms with van der Waals surface area (Å²) >= 11 is 0. The molecule has 0 atom stereocenters.